The van der Waals surface area contributed by atoms with Gasteiger partial charge in [0.15, 0.2) is 17.5 Å². The number of hydrogen-bond acceptors (Lipinski definition) is 3. The molecular formula is C32H23N3. The largest absolute Gasteiger partial charge is 0.208 e. The van der Waals surface area contributed by atoms with Crippen molar-refractivity contribution < 1.29 is 0 Å². The molecule has 6 aromatic rings. The number of aromatic nitrogens is 3. The summed E-state index contributed by atoms with van der Waals surface area (Å²) in [6.07, 6.45) is 0. The molecule has 0 aliphatic rings. The van der Waals surface area contributed by atoms with Crippen molar-refractivity contribution in [3.8, 4) is 45.3 Å². The van der Waals surface area contributed by atoms with Crippen LogP contribution in [0.15, 0.2) is 121 Å². The Bertz CT molecular complexity index is 1580. The van der Waals surface area contributed by atoms with E-state index in [0.29, 0.717) is 17.5 Å². The Labute approximate surface area is 204 Å². The summed E-state index contributed by atoms with van der Waals surface area (Å²) in [7, 11) is 0. The first-order valence-electron chi connectivity index (χ1n) is 11.7. The first-order chi connectivity index (χ1) is 17.2. The Morgan fingerprint density at radius 2 is 0.943 bits per heavy atom. The fraction of sp³-hybridized carbons (Fsp3) is 0.0312. The summed E-state index contributed by atoms with van der Waals surface area (Å²) in [4.78, 5) is 14.7. The highest BCUT2D eigenvalue weighted by Gasteiger charge is 2.14. The normalized spacial score (nSPS) is 11.0. The molecule has 0 atom stereocenters. The molecular weight excluding hydrogens is 426 g/mol. The van der Waals surface area contributed by atoms with E-state index in [1.807, 2.05) is 60.7 Å². The summed E-state index contributed by atoms with van der Waals surface area (Å²) in [5.41, 5.74) is 6.43. The lowest BCUT2D eigenvalue weighted by Gasteiger charge is -2.12. The molecule has 1 aromatic heterocycles. The molecule has 0 saturated heterocycles. The molecule has 0 fully saturated rings. The molecule has 0 aliphatic carbocycles. The second kappa shape index (κ2) is 8.96. The first-order valence-corrected chi connectivity index (χ1v) is 11.7. The van der Waals surface area contributed by atoms with E-state index in [4.69, 9.17) is 15.0 Å². The molecule has 5 aromatic carbocycles. The molecule has 0 N–H and O–H groups in total. The molecule has 0 spiro atoms. The van der Waals surface area contributed by atoms with E-state index in [9.17, 15) is 0 Å². The maximum atomic E-state index is 4.92. The van der Waals surface area contributed by atoms with Crippen LogP contribution in [0.3, 0.4) is 0 Å². The van der Waals surface area contributed by atoms with Gasteiger partial charge in [0.25, 0.3) is 0 Å². The van der Waals surface area contributed by atoms with Gasteiger partial charge in [-0.15, -0.1) is 0 Å². The Balaban J connectivity index is 1.55. The van der Waals surface area contributed by atoms with Gasteiger partial charge in [0.05, 0.1) is 0 Å². The predicted octanol–water partition coefficient (Wildman–Crippen LogP) is 8.00. The Morgan fingerprint density at radius 1 is 0.429 bits per heavy atom. The molecule has 3 heteroatoms. The molecule has 0 amide bonds. The van der Waals surface area contributed by atoms with E-state index < -0.39 is 0 Å². The lowest BCUT2D eigenvalue weighted by Crippen LogP contribution is -2.00. The summed E-state index contributed by atoms with van der Waals surface area (Å²) in [6, 6.07) is 41.7. The Hall–Kier alpha value is -4.63. The standard InChI is InChI=1S/C32H23N3/c1-22-19-26(29-18-10-16-23-11-8-9-17-28(23)29)21-27(20-22)32-34-30(24-12-4-2-5-13-24)33-31(35-32)25-14-6-3-7-15-25/h2-21H,1H3. The van der Waals surface area contributed by atoms with E-state index in [-0.39, 0.29) is 0 Å². The van der Waals surface area contributed by atoms with Crippen LogP contribution in [0.1, 0.15) is 5.56 Å². The minimum absolute atomic E-state index is 0.669. The van der Waals surface area contributed by atoms with Gasteiger partial charge in [-0.05, 0) is 46.5 Å². The third-order valence-corrected chi connectivity index (χ3v) is 6.14. The third kappa shape index (κ3) is 4.20. The van der Waals surface area contributed by atoms with Gasteiger partial charge in [0, 0.05) is 16.7 Å². The maximum Gasteiger partial charge on any atom is 0.164 e. The lowest BCUT2D eigenvalue weighted by molar-refractivity contribution is 1.07. The molecule has 0 radical (unpaired) electrons. The minimum Gasteiger partial charge on any atom is -0.208 e. The summed E-state index contributed by atoms with van der Waals surface area (Å²) in [5, 5.41) is 2.46. The zero-order valence-corrected chi connectivity index (χ0v) is 19.4. The fourth-order valence-electron chi connectivity index (χ4n) is 4.48. The summed E-state index contributed by atoms with van der Waals surface area (Å²) < 4.78 is 0. The number of nitrogens with zero attached hydrogens (tertiary/aromatic N) is 3. The Kier molecular flexibility index (Phi) is 5.36. The van der Waals surface area contributed by atoms with Gasteiger partial charge in [-0.2, -0.15) is 0 Å². The second-order valence-corrected chi connectivity index (χ2v) is 8.65. The van der Waals surface area contributed by atoms with Gasteiger partial charge in [-0.3, -0.25) is 0 Å². The highest BCUT2D eigenvalue weighted by atomic mass is 15.0. The van der Waals surface area contributed by atoms with Crippen molar-refractivity contribution in [2.45, 2.75) is 6.92 Å². The van der Waals surface area contributed by atoms with Crippen molar-refractivity contribution in [2.75, 3.05) is 0 Å². The molecule has 3 nitrogen and oxygen atoms in total. The highest BCUT2D eigenvalue weighted by Crippen LogP contribution is 2.33. The molecule has 6 rings (SSSR count). The summed E-state index contributed by atoms with van der Waals surface area (Å²) in [5.74, 6) is 2.01. The van der Waals surface area contributed by atoms with Crippen molar-refractivity contribution in [3.05, 3.63) is 127 Å². The monoisotopic (exact) mass is 449 g/mol. The van der Waals surface area contributed by atoms with Gasteiger partial charge < -0.3 is 0 Å². The zero-order valence-electron chi connectivity index (χ0n) is 19.4. The smallest absolute Gasteiger partial charge is 0.164 e. The van der Waals surface area contributed by atoms with E-state index in [0.717, 1.165) is 27.8 Å². The van der Waals surface area contributed by atoms with Crippen LogP contribution in [0.4, 0.5) is 0 Å². The molecule has 0 saturated carbocycles. The van der Waals surface area contributed by atoms with Gasteiger partial charge in [0.2, 0.25) is 0 Å². The van der Waals surface area contributed by atoms with Crippen LogP contribution in [-0.2, 0) is 0 Å². The van der Waals surface area contributed by atoms with Crippen molar-refractivity contribution in [1.29, 1.82) is 0 Å². The fourth-order valence-corrected chi connectivity index (χ4v) is 4.48. The molecule has 1 heterocycles. The molecule has 0 bridgehead atoms. The van der Waals surface area contributed by atoms with Crippen molar-refractivity contribution in [2.24, 2.45) is 0 Å². The van der Waals surface area contributed by atoms with Crippen LogP contribution in [0.25, 0.3) is 56.1 Å². The van der Waals surface area contributed by atoms with E-state index in [1.165, 1.54) is 16.3 Å². The predicted molar refractivity (Wildman–Crippen MR) is 144 cm³/mol. The number of rotatable bonds is 4. The van der Waals surface area contributed by atoms with E-state index in [2.05, 4.69) is 67.6 Å². The van der Waals surface area contributed by atoms with Gasteiger partial charge in [0.1, 0.15) is 0 Å². The average Bonchev–Trinajstić information content (AvgIpc) is 2.93. The van der Waals surface area contributed by atoms with E-state index in [1.54, 1.807) is 0 Å². The van der Waals surface area contributed by atoms with Crippen molar-refractivity contribution >= 4 is 10.8 Å². The molecule has 0 unspecified atom stereocenters. The lowest BCUT2D eigenvalue weighted by atomic mass is 9.95. The van der Waals surface area contributed by atoms with Gasteiger partial charge >= 0.3 is 0 Å². The number of fused-ring (bicyclic) bond motifs is 1. The molecule has 35 heavy (non-hydrogen) atoms. The quantitative estimate of drug-likeness (QED) is 0.274. The topological polar surface area (TPSA) is 38.7 Å². The maximum absolute atomic E-state index is 4.92. The first kappa shape index (κ1) is 20.9. The van der Waals surface area contributed by atoms with Crippen molar-refractivity contribution in [3.63, 3.8) is 0 Å². The van der Waals surface area contributed by atoms with Crippen LogP contribution in [0.2, 0.25) is 0 Å². The molecule has 0 aliphatic heterocycles. The third-order valence-electron chi connectivity index (χ3n) is 6.14. The summed E-state index contributed by atoms with van der Waals surface area (Å²) >= 11 is 0. The number of hydrogen-bond donors (Lipinski definition) is 0. The summed E-state index contributed by atoms with van der Waals surface area (Å²) in [6.45, 7) is 2.12. The van der Waals surface area contributed by atoms with Crippen LogP contribution >= 0.6 is 0 Å². The van der Waals surface area contributed by atoms with Gasteiger partial charge in [-0.1, -0.05) is 109 Å². The number of aryl methyl sites for hydroxylation is 1. The van der Waals surface area contributed by atoms with Crippen LogP contribution in [0, 0.1) is 6.92 Å². The second-order valence-electron chi connectivity index (χ2n) is 8.65. The van der Waals surface area contributed by atoms with Crippen LogP contribution in [-0.4, -0.2) is 15.0 Å². The van der Waals surface area contributed by atoms with E-state index >= 15 is 0 Å². The Morgan fingerprint density at radius 3 is 1.60 bits per heavy atom. The average molecular weight is 450 g/mol. The van der Waals surface area contributed by atoms with Crippen molar-refractivity contribution in [1.82, 2.24) is 15.0 Å². The minimum atomic E-state index is 0.669. The SMILES string of the molecule is Cc1cc(-c2nc(-c3ccccc3)nc(-c3ccccc3)n2)cc(-c2cccc3ccccc23)c1. The van der Waals surface area contributed by atoms with Gasteiger partial charge in [-0.25, -0.2) is 15.0 Å². The zero-order chi connectivity index (χ0) is 23.6. The number of benzene rings is 5. The van der Waals surface area contributed by atoms with Crippen LogP contribution in [0.5, 0.6) is 0 Å². The highest BCUT2D eigenvalue weighted by molar-refractivity contribution is 5.97. The van der Waals surface area contributed by atoms with Crippen LogP contribution < -0.4 is 0 Å². The molecule has 166 valence electrons.